The number of aryl methyl sites for hydroxylation is 1. The second-order valence-corrected chi connectivity index (χ2v) is 7.45. The van der Waals surface area contributed by atoms with E-state index in [-0.39, 0.29) is 12.4 Å². The van der Waals surface area contributed by atoms with Gasteiger partial charge in [-0.1, -0.05) is 23.9 Å². The van der Waals surface area contributed by atoms with Gasteiger partial charge in [0.15, 0.2) is 5.16 Å². The lowest BCUT2D eigenvalue weighted by atomic mass is 10.2. The van der Waals surface area contributed by atoms with E-state index in [0.717, 1.165) is 11.3 Å². The summed E-state index contributed by atoms with van der Waals surface area (Å²) in [5.74, 6) is 0.149. The van der Waals surface area contributed by atoms with Crippen molar-refractivity contribution in [2.24, 2.45) is 0 Å². The van der Waals surface area contributed by atoms with Gasteiger partial charge in [-0.05, 0) is 31.5 Å². The van der Waals surface area contributed by atoms with Crippen LogP contribution in [0.1, 0.15) is 24.0 Å². The van der Waals surface area contributed by atoms with Crippen LogP contribution in [0.2, 0.25) is 0 Å². The largest absolute Gasteiger partial charge is 0.468 e. The number of ether oxygens (including phenoxy) is 1. The maximum atomic E-state index is 11.8. The van der Waals surface area contributed by atoms with Crippen molar-refractivity contribution in [3.8, 4) is 5.69 Å². The zero-order valence-electron chi connectivity index (χ0n) is 15.6. The molecule has 2 N–H and O–H groups in total. The number of esters is 1. The van der Waals surface area contributed by atoms with Crippen LogP contribution in [0, 0.1) is 6.92 Å². The van der Waals surface area contributed by atoms with Crippen molar-refractivity contribution in [1.82, 2.24) is 24.7 Å². The van der Waals surface area contributed by atoms with Crippen LogP contribution in [0.5, 0.6) is 0 Å². The molecule has 0 radical (unpaired) electrons. The van der Waals surface area contributed by atoms with Gasteiger partial charge >= 0.3 is 11.7 Å². The highest BCUT2D eigenvalue weighted by Gasteiger charge is 2.22. The van der Waals surface area contributed by atoms with Gasteiger partial charge < -0.3 is 9.72 Å². The zero-order chi connectivity index (χ0) is 20.3. The van der Waals surface area contributed by atoms with Crippen LogP contribution in [-0.2, 0) is 16.0 Å². The van der Waals surface area contributed by atoms with Crippen molar-refractivity contribution in [1.29, 1.82) is 0 Å². The third-order valence-electron chi connectivity index (χ3n) is 3.94. The fourth-order valence-corrected chi connectivity index (χ4v) is 3.59. The summed E-state index contributed by atoms with van der Waals surface area (Å²) in [5.41, 5.74) is 1.19. The number of methoxy groups -OCH3 is 1. The minimum Gasteiger partial charge on any atom is -0.468 e. The maximum absolute atomic E-state index is 11.8. The molecule has 2 heterocycles. The molecule has 146 valence electrons. The molecule has 3 rings (SSSR count). The molecular formula is C18H19N5O4S. The molecule has 1 unspecified atom stereocenters. The molecular weight excluding hydrogens is 382 g/mol. The van der Waals surface area contributed by atoms with Crippen molar-refractivity contribution in [3.63, 3.8) is 0 Å². The van der Waals surface area contributed by atoms with Gasteiger partial charge in [0.05, 0.1) is 7.11 Å². The second-order valence-electron chi connectivity index (χ2n) is 6.15. The van der Waals surface area contributed by atoms with E-state index >= 15 is 0 Å². The summed E-state index contributed by atoms with van der Waals surface area (Å²) in [6.07, 6.45) is 0.188. The summed E-state index contributed by atoms with van der Waals surface area (Å²) in [6, 6.07) is 9.03. The quantitative estimate of drug-likeness (QED) is 0.470. The normalized spacial score (nSPS) is 12.0. The minimum atomic E-state index is -0.585. The van der Waals surface area contributed by atoms with E-state index in [1.807, 2.05) is 31.2 Å². The smallest absolute Gasteiger partial charge is 0.325 e. The van der Waals surface area contributed by atoms with E-state index in [1.165, 1.54) is 24.9 Å². The highest BCUT2D eigenvalue weighted by atomic mass is 32.2. The summed E-state index contributed by atoms with van der Waals surface area (Å²) in [6.45, 7) is 3.69. The molecule has 0 aliphatic heterocycles. The van der Waals surface area contributed by atoms with Crippen LogP contribution < -0.4 is 11.2 Å². The van der Waals surface area contributed by atoms with Crippen molar-refractivity contribution in [3.05, 3.63) is 68.3 Å². The summed E-state index contributed by atoms with van der Waals surface area (Å²) in [4.78, 5) is 39.7. The fraction of sp³-hybridized carbons (Fsp3) is 0.278. The van der Waals surface area contributed by atoms with E-state index in [2.05, 4.69) is 20.2 Å². The van der Waals surface area contributed by atoms with Gasteiger partial charge in [-0.3, -0.25) is 19.1 Å². The molecule has 0 aliphatic carbocycles. The van der Waals surface area contributed by atoms with Gasteiger partial charge in [0.1, 0.15) is 11.1 Å². The third kappa shape index (κ3) is 4.39. The van der Waals surface area contributed by atoms with Crippen LogP contribution in [0.4, 0.5) is 0 Å². The Morgan fingerprint density at radius 1 is 1.25 bits per heavy atom. The number of hydrogen-bond acceptors (Lipinski definition) is 7. The van der Waals surface area contributed by atoms with Crippen LogP contribution in [0.3, 0.4) is 0 Å². The molecule has 0 saturated heterocycles. The number of carbonyl (C=O) groups excluding carboxylic acids is 1. The average molecular weight is 401 g/mol. The number of carbonyl (C=O) groups is 1. The molecule has 0 saturated carbocycles. The number of thioether (sulfide) groups is 1. The van der Waals surface area contributed by atoms with Crippen LogP contribution in [0.15, 0.2) is 45.1 Å². The lowest BCUT2D eigenvalue weighted by Gasteiger charge is -2.13. The summed E-state index contributed by atoms with van der Waals surface area (Å²) < 4.78 is 6.58. The Labute approximate surface area is 164 Å². The van der Waals surface area contributed by atoms with Crippen molar-refractivity contribution >= 4 is 17.7 Å². The predicted octanol–water partition coefficient (Wildman–Crippen LogP) is 1.20. The van der Waals surface area contributed by atoms with Gasteiger partial charge in [0, 0.05) is 23.9 Å². The van der Waals surface area contributed by atoms with E-state index in [4.69, 9.17) is 4.74 Å². The van der Waals surface area contributed by atoms with Gasteiger partial charge in [-0.2, -0.15) is 0 Å². The number of hydrogen-bond donors (Lipinski definition) is 2. The highest BCUT2D eigenvalue weighted by molar-refractivity contribution is 8.00. The SMILES string of the molecule is COC(=O)C(C)Sc1nnc(Cc2cc(=O)[nH]c(=O)[nH]2)n1-c1cccc(C)c1. The van der Waals surface area contributed by atoms with Gasteiger partial charge in [0.2, 0.25) is 0 Å². The Balaban J connectivity index is 2.05. The Morgan fingerprint density at radius 2 is 2.04 bits per heavy atom. The van der Waals surface area contributed by atoms with E-state index < -0.39 is 16.5 Å². The first-order valence-electron chi connectivity index (χ1n) is 8.45. The highest BCUT2D eigenvalue weighted by Crippen LogP contribution is 2.27. The molecule has 1 atom stereocenters. The number of nitrogens with one attached hydrogen (secondary N) is 2. The zero-order valence-corrected chi connectivity index (χ0v) is 16.4. The van der Waals surface area contributed by atoms with Gasteiger partial charge in [0.25, 0.3) is 5.56 Å². The fourth-order valence-electron chi connectivity index (χ4n) is 2.67. The number of aromatic nitrogens is 5. The second kappa shape index (κ2) is 8.26. The number of rotatable bonds is 6. The van der Waals surface area contributed by atoms with Crippen LogP contribution in [0.25, 0.3) is 5.69 Å². The van der Waals surface area contributed by atoms with E-state index in [1.54, 1.807) is 11.5 Å². The summed E-state index contributed by atoms with van der Waals surface area (Å²) >= 11 is 1.22. The molecule has 0 aliphatic rings. The molecule has 0 amide bonds. The van der Waals surface area contributed by atoms with Crippen molar-refractivity contribution in [2.45, 2.75) is 30.7 Å². The molecule has 3 aromatic rings. The average Bonchev–Trinajstić information content (AvgIpc) is 3.02. The molecule has 1 aromatic carbocycles. The molecule has 0 spiro atoms. The van der Waals surface area contributed by atoms with Gasteiger partial charge in [-0.25, -0.2) is 4.79 Å². The number of H-pyrrole nitrogens is 2. The molecule has 2 aromatic heterocycles. The maximum Gasteiger partial charge on any atom is 0.325 e. The number of benzene rings is 1. The minimum absolute atomic E-state index is 0.188. The first-order chi connectivity index (χ1) is 13.4. The van der Waals surface area contributed by atoms with Crippen molar-refractivity contribution in [2.75, 3.05) is 7.11 Å². The van der Waals surface area contributed by atoms with Crippen LogP contribution in [-0.4, -0.2) is 43.1 Å². The van der Waals surface area contributed by atoms with Crippen LogP contribution >= 0.6 is 11.8 Å². The molecule has 10 heteroatoms. The first kappa shape index (κ1) is 19.6. The molecule has 0 fully saturated rings. The Morgan fingerprint density at radius 3 is 2.71 bits per heavy atom. The number of aromatic amines is 2. The third-order valence-corrected chi connectivity index (χ3v) is 4.96. The lowest BCUT2D eigenvalue weighted by molar-refractivity contribution is -0.139. The summed E-state index contributed by atoms with van der Waals surface area (Å²) in [5, 5.41) is 8.45. The standard InChI is InChI=1S/C18H19N5O4S/c1-10-5-4-6-13(7-10)23-14(8-12-9-15(24)20-17(26)19-12)21-22-18(23)28-11(2)16(25)27-3/h4-7,9,11H,8H2,1-3H3,(H2,19,20,24,26). The molecule has 28 heavy (non-hydrogen) atoms. The first-order valence-corrected chi connectivity index (χ1v) is 9.33. The Hall–Kier alpha value is -3.14. The van der Waals surface area contributed by atoms with E-state index in [0.29, 0.717) is 16.7 Å². The topological polar surface area (TPSA) is 123 Å². The lowest BCUT2D eigenvalue weighted by Crippen LogP contribution is -2.23. The Bertz CT molecular complexity index is 1090. The monoisotopic (exact) mass is 401 g/mol. The van der Waals surface area contributed by atoms with Gasteiger partial charge in [-0.15, -0.1) is 10.2 Å². The summed E-state index contributed by atoms with van der Waals surface area (Å²) in [7, 11) is 1.33. The number of nitrogens with zero attached hydrogens (tertiary/aromatic N) is 3. The predicted molar refractivity (Wildman–Crippen MR) is 104 cm³/mol. The Kier molecular flexibility index (Phi) is 5.78. The molecule has 9 nitrogen and oxygen atoms in total. The van der Waals surface area contributed by atoms with E-state index in [9.17, 15) is 14.4 Å². The van der Waals surface area contributed by atoms with Crippen molar-refractivity contribution < 1.29 is 9.53 Å². The molecule has 0 bridgehead atoms.